The summed E-state index contributed by atoms with van der Waals surface area (Å²) in [6.07, 6.45) is 7.66. The summed E-state index contributed by atoms with van der Waals surface area (Å²) in [5.41, 5.74) is 1.16. The van der Waals surface area contributed by atoms with Crippen LogP contribution in [0.25, 0.3) is 10.2 Å². The van der Waals surface area contributed by atoms with Crippen molar-refractivity contribution in [2.45, 2.75) is 77.5 Å². The summed E-state index contributed by atoms with van der Waals surface area (Å²) in [5, 5.41) is 0.765. The van der Waals surface area contributed by atoms with Gasteiger partial charge in [-0.1, -0.05) is 0 Å². The topological polar surface area (TPSA) is 84.7 Å². The number of aryl methyl sites for hydroxylation is 3. The fourth-order valence-electron chi connectivity index (χ4n) is 5.71. The van der Waals surface area contributed by atoms with Crippen molar-refractivity contribution in [2.24, 2.45) is 5.92 Å². The fraction of sp³-hybridized carbons (Fsp3) is 0.680. The summed E-state index contributed by atoms with van der Waals surface area (Å²) in [6.45, 7) is 6.81. The molecule has 3 aliphatic rings. The minimum atomic E-state index is -0.0273. The molecular weight excluding hydrogens is 452 g/mol. The van der Waals surface area contributed by atoms with Crippen LogP contribution in [0, 0.1) is 5.92 Å². The smallest absolute Gasteiger partial charge is 0.262 e. The van der Waals surface area contributed by atoms with Crippen LogP contribution in [0.15, 0.2) is 11.1 Å². The number of thiophene rings is 1. The maximum absolute atomic E-state index is 13.1. The number of aromatic nitrogens is 2. The van der Waals surface area contributed by atoms with E-state index in [1.165, 1.54) is 16.9 Å². The normalized spacial score (nSPS) is 23.8. The second kappa shape index (κ2) is 9.77. The number of piperidine rings is 1. The standard InChI is InChI=1S/C25H34N4O4S/c1-16-13-29(14-17(2)33-16)24(31)18-7-10-27(11-8-18)21(30)9-12-28-15-26-23-22(25(28)32)19-5-3-4-6-20(19)34-23/h15-18H,3-14H2,1-2H3. The quantitative estimate of drug-likeness (QED) is 0.663. The molecule has 0 N–H and O–H groups in total. The molecule has 8 nitrogen and oxygen atoms in total. The lowest BCUT2D eigenvalue weighted by atomic mass is 9.94. The second-order valence-corrected chi connectivity index (χ2v) is 11.1. The maximum Gasteiger partial charge on any atom is 0.262 e. The highest BCUT2D eigenvalue weighted by Crippen LogP contribution is 2.33. The van der Waals surface area contributed by atoms with Crippen molar-refractivity contribution in [3.8, 4) is 0 Å². The Kier molecular flexibility index (Phi) is 6.75. The third-order valence-electron chi connectivity index (χ3n) is 7.44. The Bertz CT molecular complexity index is 1120. The number of carbonyl (C=O) groups is 2. The lowest BCUT2D eigenvalue weighted by Crippen LogP contribution is -2.51. The van der Waals surface area contributed by atoms with Gasteiger partial charge in [-0.05, 0) is 57.9 Å². The Morgan fingerprint density at radius 2 is 1.79 bits per heavy atom. The van der Waals surface area contributed by atoms with Crippen molar-refractivity contribution in [2.75, 3.05) is 26.2 Å². The molecule has 2 aromatic heterocycles. The van der Waals surface area contributed by atoms with Gasteiger partial charge in [-0.25, -0.2) is 4.98 Å². The Balaban J connectivity index is 1.16. The molecular formula is C25H34N4O4S. The fourth-order valence-corrected chi connectivity index (χ4v) is 6.93. The summed E-state index contributed by atoms with van der Waals surface area (Å²) in [6, 6.07) is 0. The van der Waals surface area contributed by atoms with Gasteiger partial charge in [-0.15, -0.1) is 11.3 Å². The number of likely N-dealkylation sites (tertiary alicyclic amines) is 1. The highest BCUT2D eigenvalue weighted by molar-refractivity contribution is 7.18. The van der Waals surface area contributed by atoms with Crippen LogP contribution < -0.4 is 5.56 Å². The highest BCUT2D eigenvalue weighted by atomic mass is 32.1. The van der Waals surface area contributed by atoms with Crippen LogP contribution in [0.4, 0.5) is 0 Å². The number of amides is 2. The molecule has 0 bridgehead atoms. The minimum absolute atomic E-state index is 0.0181. The van der Waals surface area contributed by atoms with Gasteiger partial charge in [-0.2, -0.15) is 0 Å². The molecule has 34 heavy (non-hydrogen) atoms. The molecule has 2 aromatic rings. The van der Waals surface area contributed by atoms with E-state index < -0.39 is 0 Å². The Hall–Kier alpha value is -2.26. The predicted octanol–water partition coefficient (Wildman–Crippen LogP) is 2.60. The van der Waals surface area contributed by atoms with Crippen molar-refractivity contribution in [3.05, 3.63) is 27.1 Å². The van der Waals surface area contributed by atoms with Gasteiger partial charge in [0.25, 0.3) is 5.56 Å². The highest BCUT2D eigenvalue weighted by Gasteiger charge is 2.33. The summed E-state index contributed by atoms with van der Waals surface area (Å²) in [5.74, 6) is 0.207. The van der Waals surface area contributed by atoms with E-state index in [1.807, 2.05) is 23.6 Å². The van der Waals surface area contributed by atoms with Crippen LogP contribution in [-0.4, -0.2) is 69.6 Å². The van der Waals surface area contributed by atoms with Crippen molar-refractivity contribution >= 4 is 33.4 Å². The van der Waals surface area contributed by atoms with Gasteiger partial charge in [0.1, 0.15) is 4.83 Å². The van der Waals surface area contributed by atoms with Gasteiger partial charge in [0, 0.05) is 49.9 Å². The van der Waals surface area contributed by atoms with Gasteiger partial charge < -0.3 is 14.5 Å². The third kappa shape index (κ3) is 4.64. The summed E-state index contributed by atoms with van der Waals surface area (Å²) >= 11 is 1.64. The van der Waals surface area contributed by atoms with E-state index in [0.29, 0.717) is 45.6 Å². The Morgan fingerprint density at radius 3 is 2.53 bits per heavy atom. The molecule has 2 unspecified atom stereocenters. The van der Waals surface area contributed by atoms with Gasteiger partial charge >= 0.3 is 0 Å². The maximum atomic E-state index is 13.1. The van der Waals surface area contributed by atoms with E-state index in [9.17, 15) is 14.4 Å². The molecule has 2 amide bonds. The average Bonchev–Trinajstić information content (AvgIpc) is 3.22. The van der Waals surface area contributed by atoms with Gasteiger partial charge in [0.05, 0.1) is 23.9 Å². The number of fused-ring (bicyclic) bond motifs is 3. The first kappa shape index (κ1) is 23.5. The van der Waals surface area contributed by atoms with Crippen LogP contribution in [0.3, 0.4) is 0 Å². The van der Waals surface area contributed by atoms with Crippen LogP contribution in [0.5, 0.6) is 0 Å². The van der Waals surface area contributed by atoms with Crippen LogP contribution >= 0.6 is 11.3 Å². The molecule has 1 aliphatic carbocycles. The van der Waals surface area contributed by atoms with Gasteiger partial charge in [0.2, 0.25) is 11.8 Å². The molecule has 184 valence electrons. The second-order valence-electron chi connectivity index (χ2n) is 10.0. The zero-order valence-electron chi connectivity index (χ0n) is 20.1. The molecule has 2 saturated heterocycles. The molecule has 0 radical (unpaired) electrons. The number of carbonyl (C=O) groups excluding carboxylic acids is 2. The number of hydrogen-bond acceptors (Lipinski definition) is 6. The van der Waals surface area contributed by atoms with Crippen molar-refractivity contribution < 1.29 is 14.3 Å². The van der Waals surface area contributed by atoms with Crippen molar-refractivity contribution in [1.82, 2.24) is 19.4 Å². The summed E-state index contributed by atoms with van der Waals surface area (Å²) in [4.78, 5) is 49.4. The van der Waals surface area contributed by atoms with Gasteiger partial charge in [0.15, 0.2) is 0 Å². The SMILES string of the molecule is CC1CN(C(=O)C2CCN(C(=O)CCn3cnc4sc5c(c4c3=O)CCCC5)CC2)CC(C)O1. The number of hydrogen-bond donors (Lipinski definition) is 0. The first-order valence-corrected chi connectivity index (χ1v) is 13.4. The van der Waals surface area contributed by atoms with Crippen LogP contribution in [0.2, 0.25) is 0 Å². The predicted molar refractivity (Wildman–Crippen MR) is 131 cm³/mol. The summed E-state index contributed by atoms with van der Waals surface area (Å²) in [7, 11) is 0. The van der Waals surface area contributed by atoms with E-state index in [0.717, 1.165) is 29.5 Å². The third-order valence-corrected chi connectivity index (χ3v) is 8.64. The molecule has 5 rings (SSSR count). The zero-order chi connectivity index (χ0) is 23.8. The van der Waals surface area contributed by atoms with E-state index in [2.05, 4.69) is 4.98 Å². The molecule has 9 heteroatoms. The first-order valence-electron chi connectivity index (χ1n) is 12.6. The largest absolute Gasteiger partial charge is 0.372 e. The number of morpholine rings is 1. The lowest BCUT2D eigenvalue weighted by Gasteiger charge is -2.39. The van der Waals surface area contributed by atoms with E-state index in [-0.39, 0.29) is 41.9 Å². The van der Waals surface area contributed by atoms with Gasteiger partial charge in [-0.3, -0.25) is 19.0 Å². The van der Waals surface area contributed by atoms with Crippen LogP contribution in [-0.2, 0) is 33.7 Å². The lowest BCUT2D eigenvalue weighted by molar-refractivity contribution is -0.150. The molecule has 2 aliphatic heterocycles. The molecule has 0 aromatic carbocycles. The number of rotatable bonds is 4. The molecule has 0 saturated carbocycles. The van der Waals surface area contributed by atoms with Crippen molar-refractivity contribution in [1.29, 1.82) is 0 Å². The van der Waals surface area contributed by atoms with Crippen LogP contribution in [0.1, 0.15) is 56.4 Å². The van der Waals surface area contributed by atoms with E-state index >= 15 is 0 Å². The number of nitrogens with zero attached hydrogens (tertiary/aromatic N) is 4. The Morgan fingerprint density at radius 1 is 1.09 bits per heavy atom. The molecule has 2 atom stereocenters. The van der Waals surface area contributed by atoms with Crippen molar-refractivity contribution in [3.63, 3.8) is 0 Å². The minimum Gasteiger partial charge on any atom is -0.372 e. The first-order chi connectivity index (χ1) is 16.4. The molecule has 0 spiro atoms. The number of ether oxygens (including phenoxy) is 1. The van der Waals surface area contributed by atoms with E-state index in [4.69, 9.17) is 4.74 Å². The molecule has 4 heterocycles. The average molecular weight is 487 g/mol. The van der Waals surface area contributed by atoms with E-state index in [1.54, 1.807) is 22.2 Å². The summed E-state index contributed by atoms with van der Waals surface area (Å²) < 4.78 is 7.34. The Labute approximate surface area is 203 Å². The molecule has 2 fully saturated rings. The zero-order valence-corrected chi connectivity index (χ0v) is 20.9. The monoisotopic (exact) mass is 486 g/mol.